The molecule has 2 heterocycles. The van der Waals surface area contributed by atoms with E-state index in [1.807, 2.05) is 18.2 Å². The molecule has 0 amide bonds. The van der Waals surface area contributed by atoms with Gasteiger partial charge in [-0.05, 0) is 50.5 Å². The Morgan fingerprint density at radius 1 is 1.02 bits per heavy atom. The predicted molar refractivity (Wildman–Crippen MR) is 165 cm³/mol. The zero-order valence-corrected chi connectivity index (χ0v) is 26.2. The fourth-order valence-electron chi connectivity index (χ4n) is 5.78. The van der Waals surface area contributed by atoms with Crippen LogP contribution in [-0.2, 0) is 22.6 Å². The molecule has 10 nitrogen and oxygen atoms in total. The molecule has 1 saturated heterocycles. The van der Waals surface area contributed by atoms with E-state index in [0.717, 1.165) is 43.7 Å². The smallest absolute Gasteiger partial charge is 0.421 e. The number of ether oxygens (including phenoxy) is 1. The van der Waals surface area contributed by atoms with E-state index in [4.69, 9.17) is 4.74 Å². The van der Waals surface area contributed by atoms with Crippen molar-refractivity contribution in [3.05, 3.63) is 65.4 Å². The van der Waals surface area contributed by atoms with Gasteiger partial charge in [0.2, 0.25) is 16.0 Å². The molecule has 0 saturated carbocycles. The summed E-state index contributed by atoms with van der Waals surface area (Å²) in [5.74, 6) is -0.0451. The molecular formula is C30H38F3N7O3S. The van der Waals surface area contributed by atoms with Gasteiger partial charge in [0.05, 0.1) is 31.1 Å². The van der Waals surface area contributed by atoms with Gasteiger partial charge in [-0.15, -0.1) is 0 Å². The maximum absolute atomic E-state index is 14.1. The summed E-state index contributed by atoms with van der Waals surface area (Å²) in [6.07, 6.45) is -2.72. The van der Waals surface area contributed by atoms with E-state index in [9.17, 15) is 21.6 Å². The van der Waals surface area contributed by atoms with Crippen LogP contribution in [0.5, 0.6) is 5.75 Å². The summed E-state index contributed by atoms with van der Waals surface area (Å²) in [6.45, 7) is 10.2. The Morgan fingerprint density at radius 2 is 1.73 bits per heavy atom. The fourth-order valence-corrected chi connectivity index (χ4v) is 6.53. The van der Waals surface area contributed by atoms with Crippen molar-refractivity contribution < 1.29 is 26.3 Å². The summed E-state index contributed by atoms with van der Waals surface area (Å²) >= 11 is 0. The van der Waals surface area contributed by atoms with Crippen LogP contribution in [0.25, 0.3) is 0 Å². The monoisotopic (exact) mass is 633 g/mol. The lowest BCUT2D eigenvalue weighted by Gasteiger charge is -2.43. The number of piperazine rings is 1. The van der Waals surface area contributed by atoms with Crippen molar-refractivity contribution in [2.45, 2.75) is 51.0 Å². The van der Waals surface area contributed by atoms with E-state index >= 15 is 0 Å². The van der Waals surface area contributed by atoms with E-state index in [-0.39, 0.29) is 11.5 Å². The van der Waals surface area contributed by atoms with Crippen LogP contribution in [0, 0.1) is 0 Å². The van der Waals surface area contributed by atoms with Crippen molar-refractivity contribution in [3.63, 3.8) is 0 Å². The Balaban J connectivity index is 1.39. The number of halogens is 3. The largest absolute Gasteiger partial charge is 0.494 e. The first kappa shape index (κ1) is 31.8. The summed E-state index contributed by atoms with van der Waals surface area (Å²) in [7, 11) is -2.15. The number of aromatic nitrogens is 2. The van der Waals surface area contributed by atoms with Gasteiger partial charge in [-0.3, -0.25) is 4.90 Å². The van der Waals surface area contributed by atoms with E-state index in [1.165, 1.54) is 7.11 Å². The van der Waals surface area contributed by atoms with Crippen LogP contribution in [0.15, 0.2) is 48.7 Å². The highest BCUT2D eigenvalue weighted by Crippen LogP contribution is 2.39. The number of methoxy groups -OCH3 is 1. The van der Waals surface area contributed by atoms with Gasteiger partial charge in [-0.25, -0.2) is 18.1 Å². The van der Waals surface area contributed by atoms with Crippen molar-refractivity contribution >= 4 is 33.2 Å². The van der Waals surface area contributed by atoms with Crippen molar-refractivity contribution in [3.8, 4) is 5.75 Å². The molecule has 2 aromatic carbocycles. The van der Waals surface area contributed by atoms with Crippen molar-refractivity contribution in [2.75, 3.05) is 55.1 Å². The predicted octanol–water partition coefficient (Wildman–Crippen LogP) is 4.80. The van der Waals surface area contributed by atoms with Crippen LogP contribution in [0.3, 0.4) is 0 Å². The molecule has 44 heavy (non-hydrogen) atoms. The van der Waals surface area contributed by atoms with Crippen molar-refractivity contribution in [1.29, 1.82) is 0 Å². The standard InChI is InChI=1S/C30H38F3N7O3S/c1-29(2,3)40-14-12-39(13-15-40)20-10-11-23(25(17-20)43-4)36-28-34-18-22(30(31,32)33)27(37-28)35-24-16-19-8-6-7-9-21(19)26(24)38-44(5,41)42/h6-11,17-18,24,26,38H,12-16H2,1-5H3,(H2,34,35,36,37)/t24-,26-/m1/s1. The lowest BCUT2D eigenvalue weighted by molar-refractivity contribution is -0.137. The molecule has 1 aliphatic heterocycles. The molecule has 0 unspecified atom stereocenters. The minimum Gasteiger partial charge on any atom is -0.494 e. The van der Waals surface area contributed by atoms with Gasteiger partial charge in [0.1, 0.15) is 17.1 Å². The summed E-state index contributed by atoms with van der Waals surface area (Å²) in [6, 6.07) is 11.2. The highest BCUT2D eigenvalue weighted by Gasteiger charge is 2.39. The maximum Gasteiger partial charge on any atom is 0.421 e. The number of anilines is 4. The molecule has 0 spiro atoms. The molecule has 0 bridgehead atoms. The molecule has 14 heteroatoms. The lowest BCUT2D eigenvalue weighted by atomic mass is 10.0. The number of hydrogen-bond acceptors (Lipinski definition) is 9. The molecule has 3 N–H and O–H groups in total. The average Bonchev–Trinajstić information content (AvgIpc) is 3.27. The van der Waals surface area contributed by atoms with E-state index < -0.39 is 39.7 Å². The van der Waals surface area contributed by atoms with Gasteiger partial charge in [0.25, 0.3) is 0 Å². The van der Waals surface area contributed by atoms with Crippen molar-refractivity contribution in [2.24, 2.45) is 0 Å². The van der Waals surface area contributed by atoms with Gasteiger partial charge in [0, 0.05) is 49.7 Å². The van der Waals surface area contributed by atoms with Gasteiger partial charge >= 0.3 is 6.18 Å². The number of alkyl halides is 3. The summed E-state index contributed by atoms with van der Waals surface area (Å²) in [5.41, 5.74) is 2.02. The number of benzene rings is 2. The molecule has 1 aromatic heterocycles. The number of nitrogens with zero attached hydrogens (tertiary/aromatic N) is 4. The molecule has 0 radical (unpaired) electrons. The van der Waals surface area contributed by atoms with Gasteiger partial charge in [0.15, 0.2) is 0 Å². The first-order chi connectivity index (χ1) is 20.6. The molecule has 238 valence electrons. The Hall–Kier alpha value is -3.62. The van der Waals surface area contributed by atoms with Crippen LogP contribution in [0.4, 0.5) is 36.3 Å². The number of nitrogens with one attached hydrogen (secondary N) is 3. The fraction of sp³-hybridized carbons (Fsp3) is 0.467. The molecule has 5 rings (SSSR count). The van der Waals surface area contributed by atoms with E-state index in [2.05, 4.69) is 55.9 Å². The Labute approximate surface area is 256 Å². The molecule has 2 atom stereocenters. The highest BCUT2D eigenvalue weighted by molar-refractivity contribution is 7.88. The summed E-state index contributed by atoms with van der Waals surface area (Å²) < 4.78 is 74.7. The first-order valence-electron chi connectivity index (χ1n) is 14.3. The Bertz CT molecular complexity index is 1600. The van der Waals surface area contributed by atoms with Gasteiger partial charge < -0.3 is 20.3 Å². The SMILES string of the molecule is COc1cc(N2CCN(C(C)(C)C)CC2)ccc1Nc1ncc(C(F)(F)F)c(N[C@@H]2Cc3ccccc3[C@H]2NS(C)(=O)=O)n1. The summed E-state index contributed by atoms with van der Waals surface area (Å²) in [4.78, 5) is 12.9. The van der Waals surface area contributed by atoms with Gasteiger partial charge in [-0.2, -0.15) is 18.2 Å². The Kier molecular flexibility index (Phi) is 8.71. The third-order valence-corrected chi connectivity index (χ3v) is 8.70. The van der Waals surface area contributed by atoms with Gasteiger partial charge in [-0.1, -0.05) is 24.3 Å². The minimum absolute atomic E-state index is 0.0755. The topological polar surface area (TPSA) is 112 Å². The number of rotatable bonds is 8. The molecule has 2 aliphatic rings. The molecule has 1 aliphatic carbocycles. The first-order valence-corrected chi connectivity index (χ1v) is 16.2. The van der Waals surface area contributed by atoms with Crippen LogP contribution < -0.4 is 25.0 Å². The second kappa shape index (κ2) is 12.1. The normalized spacial score (nSPS) is 19.5. The molecule has 3 aromatic rings. The molecule has 1 fully saturated rings. The quantitative estimate of drug-likeness (QED) is 0.322. The highest BCUT2D eigenvalue weighted by atomic mass is 32.2. The average molecular weight is 634 g/mol. The summed E-state index contributed by atoms with van der Waals surface area (Å²) in [5, 5.41) is 5.87. The number of hydrogen-bond donors (Lipinski definition) is 3. The van der Waals surface area contributed by atoms with E-state index in [1.54, 1.807) is 24.3 Å². The van der Waals surface area contributed by atoms with Crippen LogP contribution in [0.2, 0.25) is 0 Å². The third kappa shape index (κ3) is 7.19. The van der Waals surface area contributed by atoms with Crippen LogP contribution >= 0.6 is 0 Å². The minimum atomic E-state index is -4.75. The van der Waals surface area contributed by atoms with Crippen LogP contribution in [0.1, 0.15) is 43.5 Å². The Morgan fingerprint density at radius 3 is 2.36 bits per heavy atom. The second-order valence-electron chi connectivity index (χ2n) is 12.1. The third-order valence-electron chi connectivity index (χ3n) is 8.01. The lowest BCUT2D eigenvalue weighted by Crippen LogP contribution is -2.53. The zero-order chi connectivity index (χ0) is 31.9. The van der Waals surface area contributed by atoms with Crippen LogP contribution in [-0.4, -0.2) is 74.4 Å². The number of sulfonamides is 1. The zero-order valence-electron chi connectivity index (χ0n) is 25.4. The van der Waals surface area contributed by atoms with Crippen molar-refractivity contribution in [1.82, 2.24) is 19.6 Å². The number of fused-ring (bicyclic) bond motifs is 1. The maximum atomic E-state index is 14.1. The second-order valence-corrected chi connectivity index (χ2v) is 13.9. The van der Waals surface area contributed by atoms with E-state index in [0.29, 0.717) is 29.6 Å². The molecular weight excluding hydrogens is 595 g/mol.